The predicted molar refractivity (Wildman–Crippen MR) is 35.3 cm³/mol. The molecule has 54 valence electrons. The summed E-state index contributed by atoms with van der Waals surface area (Å²) in [5.74, 6) is 1.41. The van der Waals surface area contributed by atoms with Crippen LogP contribution >= 0.6 is 11.8 Å². The number of rotatable bonds is 1. The van der Waals surface area contributed by atoms with Crippen molar-refractivity contribution in [1.29, 1.82) is 0 Å². The first-order chi connectivity index (χ1) is 4.33. The van der Waals surface area contributed by atoms with Crippen LogP contribution in [-0.2, 0) is 4.74 Å². The molecule has 0 saturated carbocycles. The number of aliphatic hydroxyl groups is 2. The Kier molecular flexibility index (Phi) is 2.78. The van der Waals surface area contributed by atoms with Crippen molar-refractivity contribution >= 4 is 11.8 Å². The van der Waals surface area contributed by atoms with Crippen molar-refractivity contribution < 1.29 is 14.9 Å². The van der Waals surface area contributed by atoms with Crippen molar-refractivity contribution in [2.24, 2.45) is 0 Å². The van der Waals surface area contributed by atoms with Crippen LogP contribution in [0.15, 0.2) is 0 Å². The average molecular weight is 150 g/mol. The van der Waals surface area contributed by atoms with Gasteiger partial charge in [-0.1, -0.05) is 0 Å². The smallest absolute Gasteiger partial charge is 0.164 e. The van der Waals surface area contributed by atoms with Crippen LogP contribution in [0.4, 0.5) is 0 Å². The molecule has 1 fully saturated rings. The topological polar surface area (TPSA) is 49.7 Å². The molecular formula is C5H10O3S. The highest BCUT2D eigenvalue weighted by atomic mass is 32.2. The number of aliphatic hydroxyl groups excluding tert-OH is 2. The molecule has 1 saturated heterocycles. The number of thioether (sulfide) groups is 1. The molecule has 9 heavy (non-hydrogen) atoms. The van der Waals surface area contributed by atoms with E-state index >= 15 is 0 Å². The van der Waals surface area contributed by atoms with Crippen molar-refractivity contribution in [1.82, 2.24) is 0 Å². The molecular weight excluding hydrogens is 140 g/mol. The van der Waals surface area contributed by atoms with E-state index in [4.69, 9.17) is 14.9 Å². The van der Waals surface area contributed by atoms with E-state index in [0.717, 1.165) is 5.75 Å². The van der Waals surface area contributed by atoms with Crippen molar-refractivity contribution in [3.8, 4) is 0 Å². The van der Waals surface area contributed by atoms with E-state index in [1.807, 2.05) is 0 Å². The van der Waals surface area contributed by atoms with E-state index in [0.29, 0.717) is 5.75 Å². The molecule has 0 amide bonds. The van der Waals surface area contributed by atoms with E-state index < -0.39 is 6.29 Å². The van der Waals surface area contributed by atoms with Gasteiger partial charge in [-0.2, -0.15) is 11.8 Å². The molecule has 2 N–H and O–H groups in total. The first-order valence-electron chi connectivity index (χ1n) is 2.85. The Labute approximate surface area is 58.0 Å². The highest BCUT2D eigenvalue weighted by molar-refractivity contribution is 7.99. The second kappa shape index (κ2) is 3.41. The standard InChI is InChI=1S/C5H10O3S/c6-1-4-2-9-3-5(7)8-4/h4-7H,1-3H2. The summed E-state index contributed by atoms with van der Waals surface area (Å²) in [5, 5.41) is 17.4. The van der Waals surface area contributed by atoms with Gasteiger partial charge in [-0.25, -0.2) is 0 Å². The summed E-state index contributed by atoms with van der Waals surface area (Å²) in [6, 6.07) is 0. The van der Waals surface area contributed by atoms with Crippen LogP contribution in [-0.4, -0.2) is 40.7 Å². The van der Waals surface area contributed by atoms with Gasteiger partial charge in [0.05, 0.1) is 12.7 Å². The number of hydrogen-bond acceptors (Lipinski definition) is 4. The molecule has 0 aromatic heterocycles. The Morgan fingerprint density at radius 3 is 2.78 bits per heavy atom. The average Bonchev–Trinajstić information content (AvgIpc) is 1.88. The minimum absolute atomic E-state index is 0.00403. The second-order valence-corrected chi connectivity index (χ2v) is 3.01. The number of hydrogen-bond donors (Lipinski definition) is 2. The van der Waals surface area contributed by atoms with Crippen molar-refractivity contribution in [2.75, 3.05) is 18.1 Å². The van der Waals surface area contributed by atoms with Crippen molar-refractivity contribution in [3.63, 3.8) is 0 Å². The molecule has 2 unspecified atom stereocenters. The van der Waals surface area contributed by atoms with E-state index in [9.17, 15) is 0 Å². The van der Waals surface area contributed by atoms with Gasteiger partial charge in [0.2, 0.25) is 0 Å². The molecule has 0 bridgehead atoms. The zero-order valence-electron chi connectivity index (χ0n) is 4.99. The second-order valence-electron chi connectivity index (χ2n) is 1.93. The third kappa shape index (κ3) is 2.14. The van der Waals surface area contributed by atoms with Gasteiger partial charge in [0, 0.05) is 11.5 Å². The third-order valence-electron chi connectivity index (χ3n) is 1.12. The molecule has 1 heterocycles. The zero-order valence-corrected chi connectivity index (χ0v) is 5.80. The Hall–Kier alpha value is 0.230. The van der Waals surface area contributed by atoms with Crippen LogP contribution in [0.5, 0.6) is 0 Å². The predicted octanol–water partition coefficient (Wildman–Crippen LogP) is -0.571. The lowest BCUT2D eigenvalue weighted by Crippen LogP contribution is -2.33. The van der Waals surface area contributed by atoms with Gasteiger partial charge in [0.15, 0.2) is 6.29 Å². The maximum absolute atomic E-state index is 8.86. The Morgan fingerprint density at radius 2 is 2.33 bits per heavy atom. The zero-order chi connectivity index (χ0) is 6.69. The van der Waals surface area contributed by atoms with Crippen LogP contribution < -0.4 is 0 Å². The summed E-state index contributed by atoms with van der Waals surface area (Å²) in [6.45, 7) is 0.00403. The van der Waals surface area contributed by atoms with Crippen molar-refractivity contribution in [2.45, 2.75) is 12.4 Å². The minimum Gasteiger partial charge on any atom is -0.394 e. The van der Waals surface area contributed by atoms with Gasteiger partial charge < -0.3 is 14.9 Å². The highest BCUT2D eigenvalue weighted by Gasteiger charge is 2.19. The monoisotopic (exact) mass is 150 g/mol. The summed E-state index contributed by atoms with van der Waals surface area (Å²) < 4.78 is 4.92. The maximum Gasteiger partial charge on any atom is 0.164 e. The fourth-order valence-electron chi connectivity index (χ4n) is 0.697. The van der Waals surface area contributed by atoms with Crippen LogP contribution in [0.3, 0.4) is 0 Å². The molecule has 1 aliphatic rings. The Morgan fingerprint density at radius 1 is 1.56 bits per heavy atom. The molecule has 0 aromatic rings. The molecule has 2 atom stereocenters. The SMILES string of the molecule is OCC1CSCC(O)O1. The van der Waals surface area contributed by atoms with E-state index in [-0.39, 0.29) is 12.7 Å². The summed E-state index contributed by atoms with van der Waals surface area (Å²) in [4.78, 5) is 0. The minimum atomic E-state index is -0.680. The van der Waals surface area contributed by atoms with Crippen LogP contribution in [0.2, 0.25) is 0 Å². The lowest BCUT2D eigenvalue weighted by atomic mass is 10.4. The summed E-state index contributed by atoms with van der Waals surface area (Å²) in [5.41, 5.74) is 0. The van der Waals surface area contributed by atoms with E-state index in [1.165, 1.54) is 0 Å². The molecule has 0 spiro atoms. The van der Waals surface area contributed by atoms with E-state index in [1.54, 1.807) is 11.8 Å². The molecule has 4 heteroatoms. The number of ether oxygens (including phenoxy) is 1. The van der Waals surface area contributed by atoms with Gasteiger partial charge in [0.1, 0.15) is 0 Å². The first-order valence-corrected chi connectivity index (χ1v) is 4.00. The first kappa shape index (κ1) is 7.34. The van der Waals surface area contributed by atoms with Crippen LogP contribution in [0.25, 0.3) is 0 Å². The largest absolute Gasteiger partial charge is 0.394 e. The molecule has 1 rings (SSSR count). The summed E-state index contributed by atoms with van der Waals surface area (Å²) in [7, 11) is 0. The Balaban J connectivity index is 2.23. The molecule has 3 nitrogen and oxygen atoms in total. The lowest BCUT2D eigenvalue weighted by molar-refractivity contribution is -0.129. The summed E-state index contributed by atoms with van der Waals surface area (Å²) in [6.07, 6.45) is -0.848. The third-order valence-corrected chi connectivity index (χ3v) is 2.25. The molecule has 0 radical (unpaired) electrons. The quantitative estimate of drug-likeness (QED) is 0.525. The normalized spacial score (nSPS) is 36.7. The van der Waals surface area contributed by atoms with Gasteiger partial charge in [0.25, 0.3) is 0 Å². The lowest BCUT2D eigenvalue weighted by Gasteiger charge is -2.24. The maximum atomic E-state index is 8.86. The fourth-order valence-corrected chi connectivity index (χ4v) is 1.56. The van der Waals surface area contributed by atoms with Crippen LogP contribution in [0.1, 0.15) is 0 Å². The molecule has 0 aliphatic carbocycles. The molecule has 0 aromatic carbocycles. The van der Waals surface area contributed by atoms with Gasteiger partial charge in [-0.15, -0.1) is 0 Å². The van der Waals surface area contributed by atoms with Gasteiger partial charge >= 0.3 is 0 Å². The van der Waals surface area contributed by atoms with E-state index in [2.05, 4.69) is 0 Å². The van der Waals surface area contributed by atoms with Crippen molar-refractivity contribution in [3.05, 3.63) is 0 Å². The van der Waals surface area contributed by atoms with Gasteiger partial charge in [-0.3, -0.25) is 0 Å². The highest BCUT2D eigenvalue weighted by Crippen LogP contribution is 2.15. The fraction of sp³-hybridized carbons (Fsp3) is 1.00. The Bertz CT molecular complexity index is 88.3. The van der Waals surface area contributed by atoms with Crippen LogP contribution in [0, 0.1) is 0 Å². The summed E-state index contributed by atoms with van der Waals surface area (Å²) >= 11 is 1.60. The van der Waals surface area contributed by atoms with Gasteiger partial charge in [-0.05, 0) is 0 Å². The molecule has 1 aliphatic heterocycles.